The van der Waals surface area contributed by atoms with Crippen LogP contribution in [0.1, 0.15) is 18.4 Å². The molecular formula is C11H18N4O. The van der Waals surface area contributed by atoms with Crippen molar-refractivity contribution in [2.24, 2.45) is 11.7 Å². The van der Waals surface area contributed by atoms with Crippen LogP contribution in [-0.4, -0.2) is 33.8 Å². The molecule has 0 bridgehead atoms. The molecule has 88 valence electrons. The predicted molar refractivity (Wildman–Crippen MR) is 62.0 cm³/mol. The van der Waals surface area contributed by atoms with Crippen molar-refractivity contribution in [2.45, 2.75) is 31.9 Å². The highest BCUT2D eigenvalue weighted by Gasteiger charge is 2.29. The lowest BCUT2D eigenvalue weighted by atomic mass is 10.1. The average molecular weight is 222 g/mol. The van der Waals surface area contributed by atoms with Crippen LogP contribution in [0.5, 0.6) is 0 Å². The molecule has 0 aromatic carbocycles. The number of aromatic nitrogens is 2. The van der Waals surface area contributed by atoms with Gasteiger partial charge in [0, 0.05) is 25.0 Å². The number of anilines is 1. The number of nitrogens with zero attached hydrogens (tertiary/aromatic N) is 2. The summed E-state index contributed by atoms with van der Waals surface area (Å²) in [5.74, 6) is 1.05. The maximum Gasteiger partial charge on any atom is 0.222 e. The first-order chi connectivity index (χ1) is 7.65. The number of aliphatic hydroxyl groups is 1. The van der Waals surface area contributed by atoms with Gasteiger partial charge in [0.15, 0.2) is 0 Å². The largest absolute Gasteiger partial charge is 0.392 e. The number of hydrogen-bond acceptors (Lipinski definition) is 5. The van der Waals surface area contributed by atoms with E-state index in [9.17, 15) is 5.11 Å². The second kappa shape index (κ2) is 4.76. The van der Waals surface area contributed by atoms with E-state index >= 15 is 0 Å². The zero-order valence-electron chi connectivity index (χ0n) is 9.43. The smallest absolute Gasteiger partial charge is 0.222 e. The molecule has 1 saturated carbocycles. The minimum Gasteiger partial charge on any atom is -0.392 e. The van der Waals surface area contributed by atoms with Gasteiger partial charge in [-0.25, -0.2) is 9.97 Å². The average Bonchev–Trinajstić information content (AvgIpc) is 2.58. The lowest BCUT2D eigenvalue weighted by Crippen LogP contribution is -2.28. The molecule has 1 heterocycles. The quantitative estimate of drug-likeness (QED) is 0.685. The van der Waals surface area contributed by atoms with Crippen LogP contribution in [-0.2, 0) is 0 Å². The van der Waals surface area contributed by atoms with E-state index in [4.69, 9.17) is 5.73 Å². The van der Waals surface area contributed by atoms with E-state index in [-0.39, 0.29) is 12.1 Å². The molecule has 0 unspecified atom stereocenters. The van der Waals surface area contributed by atoms with Gasteiger partial charge in [-0.3, -0.25) is 0 Å². The van der Waals surface area contributed by atoms with Crippen LogP contribution in [0.3, 0.4) is 0 Å². The molecule has 0 aliphatic heterocycles. The van der Waals surface area contributed by atoms with E-state index in [0.717, 1.165) is 24.9 Å². The Bertz CT molecular complexity index is 330. The molecule has 1 aliphatic rings. The van der Waals surface area contributed by atoms with Gasteiger partial charge in [0.05, 0.1) is 6.10 Å². The van der Waals surface area contributed by atoms with Crippen LogP contribution in [0, 0.1) is 12.8 Å². The van der Waals surface area contributed by atoms with Gasteiger partial charge in [-0.1, -0.05) is 0 Å². The van der Waals surface area contributed by atoms with E-state index in [0.29, 0.717) is 11.9 Å². The van der Waals surface area contributed by atoms with Gasteiger partial charge >= 0.3 is 0 Å². The summed E-state index contributed by atoms with van der Waals surface area (Å²) in [6.45, 7) is 2.73. The van der Waals surface area contributed by atoms with E-state index in [1.807, 2.05) is 6.92 Å². The third-order valence-corrected chi connectivity index (χ3v) is 3.00. The van der Waals surface area contributed by atoms with Crippen LogP contribution >= 0.6 is 0 Å². The van der Waals surface area contributed by atoms with Gasteiger partial charge in [-0.15, -0.1) is 0 Å². The van der Waals surface area contributed by atoms with Gasteiger partial charge < -0.3 is 16.2 Å². The van der Waals surface area contributed by atoms with Gasteiger partial charge in [-0.2, -0.15) is 0 Å². The topological polar surface area (TPSA) is 84.1 Å². The van der Waals surface area contributed by atoms with Crippen molar-refractivity contribution in [1.82, 2.24) is 9.97 Å². The summed E-state index contributed by atoms with van der Waals surface area (Å²) in [6, 6.07) is -0.0780. The summed E-state index contributed by atoms with van der Waals surface area (Å²) < 4.78 is 0. The van der Waals surface area contributed by atoms with Crippen molar-refractivity contribution in [3.8, 4) is 0 Å². The fraction of sp³-hybridized carbons (Fsp3) is 0.636. The summed E-state index contributed by atoms with van der Waals surface area (Å²) in [4.78, 5) is 8.32. The van der Waals surface area contributed by atoms with Gasteiger partial charge in [0.2, 0.25) is 5.95 Å². The lowest BCUT2D eigenvalue weighted by Gasteiger charge is -2.10. The predicted octanol–water partition coefficient (Wildman–Crippen LogP) is 0.295. The Morgan fingerprint density at radius 1 is 1.44 bits per heavy atom. The minimum atomic E-state index is -0.356. The first kappa shape index (κ1) is 11.3. The van der Waals surface area contributed by atoms with E-state index in [1.165, 1.54) is 0 Å². The minimum absolute atomic E-state index is 0.0780. The van der Waals surface area contributed by atoms with Gasteiger partial charge in [0.1, 0.15) is 0 Å². The van der Waals surface area contributed by atoms with E-state index < -0.39 is 0 Å². The van der Waals surface area contributed by atoms with Crippen molar-refractivity contribution >= 4 is 5.95 Å². The maximum atomic E-state index is 9.52. The van der Waals surface area contributed by atoms with Crippen molar-refractivity contribution in [1.29, 1.82) is 0 Å². The van der Waals surface area contributed by atoms with Gasteiger partial charge in [-0.05, 0) is 31.2 Å². The van der Waals surface area contributed by atoms with Crippen molar-refractivity contribution in [3.05, 3.63) is 18.0 Å². The summed E-state index contributed by atoms with van der Waals surface area (Å²) in [7, 11) is 0. The van der Waals surface area contributed by atoms with Crippen LogP contribution in [0.4, 0.5) is 5.95 Å². The molecule has 1 aromatic rings. The molecule has 16 heavy (non-hydrogen) atoms. The molecule has 5 heteroatoms. The summed E-state index contributed by atoms with van der Waals surface area (Å²) >= 11 is 0. The van der Waals surface area contributed by atoms with Crippen molar-refractivity contribution in [3.63, 3.8) is 0 Å². The van der Waals surface area contributed by atoms with Crippen molar-refractivity contribution in [2.75, 3.05) is 11.9 Å². The molecule has 0 amide bonds. The SMILES string of the molecule is Cc1cnc(NC[C@@H]2C[C@H](N)[C@@H](O)C2)nc1. The third-order valence-electron chi connectivity index (χ3n) is 3.00. The fourth-order valence-corrected chi connectivity index (χ4v) is 2.04. The molecule has 4 N–H and O–H groups in total. The van der Waals surface area contributed by atoms with Gasteiger partial charge in [0.25, 0.3) is 0 Å². The molecule has 1 aliphatic carbocycles. The van der Waals surface area contributed by atoms with Crippen LogP contribution in [0.25, 0.3) is 0 Å². The molecule has 0 radical (unpaired) electrons. The Kier molecular flexibility index (Phi) is 3.36. The number of aliphatic hydroxyl groups excluding tert-OH is 1. The number of nitrogens with two attached hydrogens (primary N) is 1. The molecule has 1 aromatic heterocycles. The molecule has 1 fully saturated rings. The normalized spacial score (nSPS) is 29.3. The molecule has 0 saturated heterocycles. The summed E-state index contributed by atoms with van der Waals surface area (Å²) in [6.07, 6.45) is 4.83. The second-order valence-corrected chi connectivity index (χ2v) is 4.53. The molecule has 2 rings (SSSR count). The maximum absolute atomic E-state index is 9.52. The number of nitrogens with one attached hydrogen (secondary N) is 1. The third kappa shape index (κ3) is 2.68. The zero-order chi connectivity index (χ0) is 11.5. The zero-order valence-corrected chi connectivity index (χ0v) is 9.43. The monoisotopic (exact) mass is 222 g/mol. The number of hydrogen-bond donors (Lipinski definition) is 3. The van der Waals surface area contributed by atoms with E-state index in [1.54, 1.807) is 12.4 Å². The Balaban J connectivity index is 1.82. The summed E-state index contributed by atoms with van der Waals surface area (Å²) in [5.41, 5.74) is 6.79. The summed E-state index contributed by atoms with van der Waals surface area (Å²) in [5, 5.41) is 12.7. The Morgan fingerprint density at radius 2 is 2.12 bits per heavy atom. The molecule has 5 nitrogen and oxygen atoms in total. The van der Waals surface area contributed by atoms with E-state index in [2.05, 4.69) is 15.3 Å². The molecule has 0 spiro atoms. The Morgan fingerprint density at radius 3 is 2.69 bits per heavy atom. The standard InChI is InChI=1S/C11H18N4O/c1-7-4-13-11(14-5-7)15-6-8-2-9(12)10(16)3-8/h4-5,8-10,16H,2-3,6,12H2,1H3,(H,13,14,15)/t8-,9+,10+/m1/s1. The van der Waals surface area contributed by atoms with Crippen LogP contribution in [0.2, 0.25) is 0 Å². The highest BCUT2D eigenvalue weighted by Crippen LogP contribution is 2.24. The number of aryl methyl sites for hydroxylation is 1. The molecule has 3 atom stereocenters. The highest BCUT2D eigenvalue weighted by molar-refractivity contribution is 5.24. The Hall–Kier alpha value is -1.20. The Labute approximate surface area is 95.1 Å². The number of rotatable bonds is 3. The fourth-order valence-electron chi connectivity index (χ4n) is 2.04. The first-order valence-electron chi connectivity index (χ1n) is 5.61. The highest BCUT2D eigenvalue weighted by atomic mass is 16.3. The first-order valence-corrected chi connectivity index (χ1v) is 5.61. The second-order valence-electron chi connectivity index (χ2n) is 4.53. The lowest BCUT2D eigenvalue weighted by molar-refractivity contribution is 0.162. The molecular weight excluding hydrogens is 204 g/mol. The van der Waals surface area contributed by atoms with Crippen molar-refractivity contribution < 1.29 is 5.11 Å². The van der Waals surface area contributed by atoms with Crippen LogP contribution < -0.4 is 11.1 Å². The van der Waals surface area contributed by atoms with Crippen LogP contribution in [0.15, 0.2) is 12.4 Å².